The maximum Gasteiger partial charge on any atom is 0.164 e. The highest BCUT2D eigenvalue weighted by molar-refractivity contribution is 6.16. The first kappa shape index (κ1) is 34.0. The molecule has 0 saturated carbocycles. The van der Waals surface area contributed by atoms with Gasteiger partial charge in [-0.3, -0.25) is 0 Å². The van der Waals surface area contributed by atoms with Crippen molar-refractivity contribution in [3.05, 3.63) is 206 Å². The summed E-state index contributed by atoms with van der Waals surface area (Å²) in [4.78, 5) is 20.7. The van der Waals surface area contributed by atoms with E-state index in [1.807, 2.05) is 30.3 Å². The van der Waals surface area contributed by atoms with Gasteiger partial charge in [-0.05, 0) is 126 Å². The summed E-state index contributed by atoms with van der Waals surface area (Å²) in [7, 11) is 0. The monoisotopic (exact) mass is 762 g/mol. The van der Waals surface area contributed by atoms with Gasteiger partial charge >= 0.3 is 0 Å². The SMILES string of the molecule is c1ccc(-c2nc(-c3cc(-c4cc5ccccc5c5ccccc45)cc(-c4cc5ccccc5c5ccccc45)c3)nc(-c3ccc4nc5ccccc5cc4c3)n2)cc1. The number of benzene rings is 10. The molecule has 278 valence electrons. The Balaban J connectivity index is 1.14. The molecule has 0 aliphatic rings. The molecule has 2 heterocycles. The standard InChI is InChI=1S/C56H34N4/c1-2-14-35(15-3-1)54-58-55(39-26-27-53-42(29-39)28-38-18-6-13-25-52(38)57-53)60-56(59-54)43-31-40(50-33-36-16-4-7-19-44(36)46-21-9-11-23-48(46)50)30-41(32-43)51-34-37-17-5-8-20-45(37)47-22-10-12-24-49(47)51/h1-34H. The van der Waals surface area contributed by atoms with E-state index in [0.29, 0.717) is 17.5 Å². The minimum absolute atomic E-state index is 0.605. The van der Waals surface area contributed by atoms with Gasteiger partial charge in [0.05, 0.1) is 11.0 Å². The predicted molar refractivity (Wildman–Crippen MR) is 250 cm³/mol. The number of fused-ring (bicyclic) bond motifs is 8. The molecule has 0 atom stereocenters. The van der Waals surface area contributed by atoms with Crippen LogP contribution in [0.4, 0.5) is 0 Å². The second kappa shape index (κ2) is 13.8. The molecule has 4 heteroatoms. The van der Waals surface area contributed by atoms with Crippen molar-refractivity contribution in [1.29, 1.82) is 0 Å². The molecule has 0 unspecified atom stereocenters. The van der Waals surface area contributed by atoms with E-state index in [-0.39, 0.29) is 0 Å². The highest BCUT2D eigenvalue weighted by atomic mass is 15.0. The van der Waals surface area contributed by atoms with Crippen molar-refractivity contribution in [3.63, 3.8) is 0 Å². The summed E-state index contributed by atoms with van der Waals surface area (Å²) in [5, 5.41) is 11.8. The molecule has 4 nitrogen and oxygen atoms in total. The van der Waals surface area contributed by atoms with Gasteiger partial charge in [-0.25, -0.2) is 19.9 Å². The van der Waals surface area contributed by atoms with E-state index in [2.05, 4.69) is 176 Å². The first-order chi connectivity index (χ1) is 29.7. The first-order valence-electron chi connectivity index (χ1n) is 20.3. The van der Waals surface area contributed by atoms with Crippen LogP contribution in [-0.4, -0.2) is 19.9 Å². The van der Waals surface area contributed by atoms with Crippen LogP contribution in [0.2, 0.25) is 0 Å². The van der Waals surface area contributed by atoms with E-state index < -0.39 is 0 Å². The number of nitrogens with zero attached hydrogens (tertiary/aromatic N) is 4. The Morgan fingerprint density at radius 1 is 0.217 bits per heavy atom. The zero-order valence-corrected chi connectivity index (χ0v) is 32.4. The van der Waals surface area contributed by atoms with Crippen molar-refractivity contribution in [1.82, 2.24) is 19.9 Å². The molecule has 10 aromatic carbocycles. The second-order valence-corrected chi connectivity index (χ2v) is 15.4. The fourth-order valence-electron chi connectivity index (χ4n) is 8.92. The molecular weight excluding hydrogens is 729 g/mol. The third-order valence-electron chi connectivity index (χ3n) is 11.8. The molecule has 0 radical (unpaired) electrons. The lowest BCUT2D eigenvalue weighted by Crippen LogP contribution is -2.01. The Hall–Kier alpha value is -8.08. The normalized spacial score (nSPS) is 11.7. The molecule has 0 fully saturated rings. The Bertz CT molecular complexity index is 3530. The molecule has 0 spiro atoms. The largest absolute Gasteiger partial charge is 0.248 e. The van der Waals surface area contributed by atoms with Crippen LogP contribution >= 0.6 is 0 Å². The van der Waals surface area contributed by atoms with Crippen molar-refractivity contribution in [2.24, 2.45) is 0 Å². The van der Waals surface area contributed by atoms with Crippen LogP contribution in [0.3, 0.4) is 0 Å². The second-order valence-electron chi connectivity index (χ2n) is 15.4. The molecular formula is C56H34N4. The quantitative estimate of drug-likeness (QED) is 0.129. The summed E-state index contributed by atoms with van der Waals surface area (Å²) in [6.07, 6.45) is 0. The summed E-state index contributed by atoms with van der Waals surface area (Å²) >= 11 is 0. The predicted octanol–water partition coefficient (Wildman–Crippen LogP) is 14.5. The molecule has 12 aromatic rings. The Morgan fingerprint density at radius 3 is 1.28 bits per heavy atom. The van der Waals surface area contributed by atoms with Crippen LogP contribution in [0.1, 0.15) is 0 Å². The van der Waals surface area contributed by atoms with Gasteiger partial charge in [0, 0.05) is 27.5 Å². The summed E-state index contributed by atoms with van der Waals surface area (Å²) in [5.41, 5.74) is 9.13. The number of para-hydroxylation sites is 1. The molecule has 60 heavy (non-hydrogen) atoms. The molecule has 0 bridgehead atoms. The lowest BCUT2D eigenvalue weighted by atomic mass is 9.88. The fraction of sp³-hybridized carbons (Fsp3) is 0. The van der Waals surface area contributed by atoms with Crippen LogP contribution in [0.5, 0.6) is 0 Å². The van der Waals surface area contributed by atoms with Crippen molar-refractivity contribution < 1.29 is 0 Å². The molecule has 0 saturated heterocycles. The maximum absolute atomic E-state index is 5.32. The molecule has 0 amide bonds. The van der Waals surface area contributed by atoms with Crippen LogP contribution in [0.25, 0.3) is 121 Å². The number of hydrogen-bond acceptors (Lipinski definition) is 4. The maximum atomic E-state index is 5.32. The number of aromatic nitrogens is 4. The molecule has 12 rings (SSSR count). The minimum Gasteiger partial charge on any atom is -0.248 e. The molecule has 0 aliphatic carbocycles. The molecule has 0 N–H and O–H groups in total. The third-order valence-corrected chi connectivity index (χ3v) is 11.8. The smallest absolute Gasteiger partial charge is 0.164 e. The third kappa shape index (κ3) is 5.77. The van der Waals surface area contributed by atoms with Crippen molar-refractivity contribution in [2.45, 2.75) is 0 Å². The lowest BCUT2D eigenvalue weighted by molar-refractivity contribution is 1.07. The van der Waals surface area contributed by atoms with Crippen molar-refractivity contribution in [3.8, 4) is 56.4 Å². The highest BCUT2D eigenvalue weighted by Crippen LogP contribution is 2.42. The van der Waals surface area contributed by atoms with Gasteiger partial charge in [-0.15, -0.1) is 0 Å². The number of hydrogen-bond donors (Lipinski definition) is 0. The lowest BCUT2D eigenvalue weighted by Gasteiger charge is -2.16. The molecule has 0 aliphatic heterocycles. The first-order valence-corrected chi connectivity index (χ1v) is 20.3. The van der Waals surface area contributed by atoms with Gasteiger partial charge in [0.1, 0.15) is 0 Å². The van der Waals surface area contributed by atoms with E-state index in [0.717, 1.165) is 60.8 Å². The minimum atomic E-state index is 0.605. The highest BCUT2D eigenvalue weighted by Gasteiger charge is 2.18. The Labute approximate surface area is 346 Å². The summed E-state index contributed by atoms with van der Waals surface area (Å²) < 4.78 is 0. The van der Waals surface area contributed by atoms with E-state index in [1.54, 1.807) is 0 Å². The summed E-state index contributed by atoms with van der Waals surface area (Å²) in [6, 6.07) is 73.2. The summed E-state index contributed by atoms with van der Waals surface area (Å²) in [5.74, 6) is 1.83. The zero-order valence-electron chi connectivity index (χ0n) is 32.4. The van der Waals surface area contributed by atoms with Gasteiger partial charge in [-0.1, -0.05) is 146 Å². The number of rotatable bonds is 5. The summed E-state index contributed by atoms with van der Waals surface area (Å²) in [6.45, 7) is 0. The van der Waals surface area contributed by atoms with Crippen molar-refractivity contribution >= 4 is 64.9 Å². The zero-order chi connectivity index (χ0) is 39.6. The molecule has 2 aromatic heterocycles. The van der Waals surface area contributed by atoms with E-state index in [9.17, 15) is 0 Å². The van der Waals surface area contributed by atoms with Gasteiger partial charge in [0.15, 0.2) is 17.5 Å². The van der Waals surface area contributed by atoms with E-state index in [4.69, 9.17) is 19.9 Å². The van der Waals surface area contributed by atoms with E-state index >= 15 is 0 Å². The topological polar surface area (TPSA) is 51.6 Å². The van der Waals surface area contributed by atoms with Crippen LogP contribution in [0, 0.1) is 0 Å². The average molecular weight is 763 g/mol. The van der Waals surface area contributed by atoms with Crippen LogP contribution in [-0.2, 0) is 0 Å². The average Bonchev–Trinajstić information content (AvgIpc) is 3.32. The van der Waals surface area contributed by atoms with Gasteiger partial charge < -0.3 is 0 Å². The Morgan fingerprint density at radius 2 is 0.667 bits per heavy atom. The van der Waals surface area contributed by atoms with Crippen LogP contribution < -0.4 is 0 Å². The van der Waals surface area contributed by atoms with Gasteiger partial charge in [-0.2, -0.15) is 0 Å². The van der Waals surface area contributed by atoms with Crippen molar-refractivity contribution in [2.75, 3.05) is 0 Å². The van der Waals surface area contributed by atoms with Gasteiger partial charge in [0.2, 0.25) is 0 Å². The van der Waals surface area contributed by atoms with Gasteiger partial charge in [0.25, 0.3) is 0 Å². The number of pyridine rings is 1. The Kier molecular flexibility index (Phi) is 7.82. The fourth-order valence-corrected chi connectivity index (χ4v) is 8.92. The van der Waals surface area contributed by atoms with Crippen LogP contribution in [0.15, 0.2) is 206 Å². The van der Waals surface area contributed by atoms with E-state index in [1.165, 1.54) is 43.1 Å².